The van der Waals surface area contributed by atoms with Crippen LogP contribution in [0.2, 0.25) is 10.0 Å². The van der Waals surface area contributed by atoms with Crippen molar-refractivity contribution in [1.29, 1.82) is 0 Å². The van der Waals surface area contributed by atoms with Crippen LogP contribution in [-0.2, 0) is 11.3 Å². The number of fused-ring (bicyclic) bond motifs is 2. The molecule has 2 aromatic carbocycles. The lowest BCUT2D eigenvalue weighted by Gasteiger charge is -2.20. The number of hydrogen-bond donors (Lipinski definition) is 1. The number of halogens is 3. The van der Waals surface area contributed by atoms with Gasteiger partial charge in [-0.15, -0.1) is 0 Å². The van der Waals surface area contributed by atoms with Gasteiger partial charge in [0.2, 0.25) is 5.91 Å². The van der Waals surface area contributed by atoms with Gasteiger partial charge in [0, 0.05) is 25.4 Å². The summed E-state index contributed by atoms with van der Waals surface area (Å²) in [4.78, 5) is 18.2. The second kappa shape index (κ2) is 7.57. The van der Waals surface area contributed by atoms with E-state index in [-0.39, 0.29) is 17.8 Å². The summed E-state index contributed by atoms with van der Waals surface area (Å²) in [6.07, 6.45) is 0.682. The Kier molecular flexibility index (Phi) is 5.13. The molecule has 4 rings (SSSR count). The van der Waals surface area contributed by atoms with Gasteiger partial charge in [-0.3, -0.25) is 4.79 Å². The normalized spacial score (nSPS) is 16.6. The van der Waals surface area contributed by atoms with E-state index in [1.54, 1.807) is 17.0 Å². The van der Waals surface area contributed by atoms with E-state index >= 15 is 0 Å². The molecule has 1 aliphatic heterocycles. The Morgan fingerprint density at radius 3 is 2.79 bits per heavy atom. The number of benzene rings is 2. The maximum Gasteiger partial charge on any atom is 0.219 e. The van der Waals surface area contributed by atoms with E-state index in [9.17, 15) is 9.18 Å². The Hall–Kier alpha value is -2.37. The summed E-state index contributed by atoms with van der Waals surface area (Å²) in [5.74, 6) is 0.308. The van der Waals surface area contributed by atoms with Crippen molar-refractivity contribution in [3.63, 3.8) is 0 Å². The Morgan fingerprint density at radius 1 is 1.21 bits per heavy atom. The molecule has 0 saturated carbocycles. The third-order valence-corrected chi connectivity index (χ3v) is 5.84. The molecular weight excluding hydrogens is 400 g/mol. The molecule has 1 N–H and O–H groups in total. The lowest BCUT2D eigenvalue weighted by molar-refractivity contribution is -0.129. The fourth-order valence-corrected chi connectivity index (χ4v) is 3.95. The lowest BCUT2D eigenvalue weighted by Crippen LogP contribution is -2.28. The predicted molar refractivity (Wildman–Crippen MR) is 110 cm³/mol. The second-order valence-electron chi connectivity index (χ2n) is 6.90. The Bertz CT molecular complexity index is 1070. The highest BCUT2D eigenvalue weighted by atomic mass is 35.5. The summed E-state index contributed by atoms with van der Waals surface area (Å²) >= 11 is 12.4. The number of amides is 1. The van der Waals surface area contributed by atoms with E-state index in [1.165, 1.54) is 19.1 Å². The Labute approximate surface area is 172 Å². The van der Waals surface area contributed by atoms with Crippen molar-refractivity contribution in [2.75, 3.05) is 11.9 Å². The number of carbonyl (C=O) groups is 1. The molecule has 3 aromatic rings. The number of nitrogens with zero attached hydrogens (tertiary/aromatic N) is 2. The highest BCUT2D eigenvalue weighted by Gasteiger charge is 2.24. The minimum atomic E-state index is -0.312. The first-order valence-corrected chi connectivity index (χ1v) is 9.73. The summed E-state index contributed by atoms with van der Waals surface area (Å²) in [6, 6.07) is 12.0. The molecule has 1 amide bonds. The van der Waals surface area contributed by atoms with Crippen molar-refractivity contribution < 1.29 is 9.18 Å². The van der Waals surface area contributed by atoms with Crippen LogP contribution in [0.25, 0.3) is 10.9 Å². The molecule has 7 heteroatoms. The van der Waals surface area contributed by atoms with Crippen LogP contribution in [0, 0.1) is 5.82 Å². The van der Waals surface area contributed by atoms with E-state index < -0.39 is 0 Å². The first-order valence-electron chi connectivity index (χ1n) is 8.97. The molecule has 4 nitrogen and oxygen atoms in total. The predicted octanol–water partition coefficient (Wildman–Crippen LogP) is 5.59. The average Bonchev–Trinajstić information content (AvgIpc) is 2.84. The van der Waals surface area contributed by atoms with Crippen molar-refractivity contribution in [3.8, 4) is 0 Å². The van der Waals surface area contributed by atoms with Gasteiger partial charge in [0.1, 0.15) is 11.6 Å². The van der Waals surface area contributed by atoms with E-state index in [0.717, 1.165) is 16.5 Å². The molecule has 0 bridgehead atoms. The largest absolute Gasteiger partial charge is 0.363 e. The zero-order valence-corrected chi connectivity index (χ0v) is 16.7. The first kappa shape index (κ1) is 19.0. The number of hydrogen-bond acceptors (Lipinski definition) is 3. The summed E-state index contributed by atoms with van der Waals surface area (Å²) in [6.45, 7) is 2.50. The second-order valence-corrected chi connectivity index (χ2v) is 7.68. The van der Waals surface area contributed by atoms with Crippen LogP contribution >= 0.6 is 23.2 Å². The van der Waals surface area contributed by atoms with Crippen LogP contribution < -0.4 is 5.32 Å². The summed E-state index contributed by atoms with van der Waals surface area (Å²) < 4.78 is 13.8. The molecule has 1 unspecified atom stereocenters. The SMILES string of the molecule is CC(=O)N1CCC(Nc2ccc3ccc(Cl)c(Cl)c3n2)c2ccc(F)cc2C1. The number of nitrogens with one attached hydrogen (secondary N) is 1. The van der Waals surface area contributed by atoms with E-state index in [4.69, 9.17) is 23.2 Å². The number of carbonyl (C=O) groups excluding carboxylic acids is 1. The number of anilines is 1. The molecule has 28 heavy (non-hydrogen) atoms. The van der Waals surface area contributed by atoms with Crippen molar-refractivity contribution in [2.45, 2.75) is 25.9 Å². The fourth-order valence-electron chi connectivity index (χ4n) is 3.58. The molecule has 1 atom stereocenters. The highest BCUT2D eigenvalue weighted by molar-refractivity contribution is 6.45. The molecule has 0 radical (unpaired) electrons. The molecule has 0 saturated heterocycles. The van der Waals surface area contributed by atoms with Crippen LogP contribution in [0.15, 0.2) is 42.5 Å². The number of pyridine rings is 1. The van der Waals surface area contributed by atoms with E-state index in [2.05, 4.69) is 10.3 Å². The average molecular weight is 418 g/mol. The van der Waals surface area contributed by atoms with Gasteiger partial charge in [-0.1, -0.05) is 35.3 Å². The van der Waals surface area contributed by atoms with Crippen LogP contribution in [0.5, 0.6) is 0 Å². The molecule has 0 spiro atoms. The molecule has 144 valence electrons. The standard InChI is InChI=1S/C21H18Cl2FN3O/c1-12(28)27-9-8-18(16-5-4-15(24)10-14(16)11-27)25-19-7-3-13-2-6-17(22)20(23)21(13)26-19/h2-7,10,18H,8-9,11H2,1H3,(H,25,26). The zero-order valence-electron chi connectivity index (χ0n) is 15.2. The summed E-state index contributed by atoms with van der Waals surface area (Å²) in [5, 5.41) is 5.18. The highest BCUT2D eigenvalue weighted by Crippen LogP contribution is 2.33. The lowest BCUT2D eigenvalue weighted by atomic mass is 9.99. The van der Waals surface area contributed by atoms with Crippen molar-refractivity contribution in [2.24, 2.45) is 0 Å². The third-order valence-electron chi connectivity index (χ3n) is 5.05. The van der Waals surface area contributed by atoms with Crippen LogP contribution in [0.3, 0.4) is 0 Å². The first-order chi connectivity index (χ1) is 13.4. The molecule has 2 heterocycles. The Balaban J connectivity index is 1.70. The summed E-state index contributed by atoms with van der Waals surface area (Å²) in [7, 11) is 0. The minimum absolute atomic E-state index is 0.0267. The van der Waals surface area contributed by atoms with Crippen LogP contribution in [-0.4, -0.2) is 22.3 Å². The maximum absolute atomic E-state index is 13.8. The van der Waals surface area contributed by atoms with Gasteiger partial charge in [0.25, 0.3) is 0 Å². The van der Waals surface area contributed by atoms with Gasteiger partial charge in [0.05, 0.1) is 21.6 Å². The van der Waals surface area contributed by atoms with Crippen molar-refractivity contribution in [1.82, 2.24) is 9.88 Å². The number of rotatable bonds is 2. The van der Waals surface area contributed by atoms with E-state index in [0.29, 0.717) is 40.9 Å². The topological polar surface area (TPSA) is 45.2 Å². The van der Waals surface area contributed by atoms with Gasteiger partial charge in [-0.05, 0) is 47.9 Å². The summed E-state index contributed by atoms with van der Waals surface area (Å²) in [5.41, 5.74) is 2.38. The minimum Gasteiger partial charge on any atom is -0.363 e. The molecule has 1 aliphatic rings. The monoisotopic (exact) mass is 417 g/mol. The molecule has 0 aliphatic carbocycles. The molecular formula is C21H18Cl2FN3O. The van der Waals surface area contributed by atoms with Gasteiger partial charge in [-0.25, -0.2) is 9.37 Å². The maximum atomic E-state index is 13.8. The van der Waals surface area contributed by atoms with Crippen LogP contribution in [0.4, 0.5) is 10.2 Å². The fraction of sp³-hybridized carbons (Fsp3) is 0.238. The van der Waals surface area contributed by atoms with Gasteiger partial charge in [0.15, 0.2) is 0 Å². The molecule has 1 aromatic heterocycles. The van der Waals surface area contributed by atoms with Gasteiger partial charge < -0.3 is 10.2 Å². The van der Waals surface area contributed by atoms with Gasteiger partial charge >= 0.3 is 0 Å². The molecule has 0 fully saturated rings. The van der Waals surface area contributed by atoms with Crippen LogP contribution in [0.1, 0.15) is 30.5 Å². The third kappa shape index (κ3) is 3.64. The van der Waals surface area contributed by atoms with E-state index in [1.807, 2.05) is 18.2 Å². The smallest absolute Gasteiger partial charge is 0.219 e. The van der Waals surface area contributed by atoms with Crippen molar-refractivity contribution >= 4 is 45.8 Å². The zero-order chi connectivity index (χ0) is 19.8. The van der Waals surface area contributed by atoms with Gasteiger partial charge in [-0.2, -0.15) is 0 Å². The number of aromatic nitrogens is 1. The Morgan fingerprint density at radius 2 is 2.00 bits per heavy atom. The van der Waals surface area contributed by atoms with Crippen molar-refractivity contribution in [3.05, 3.63) is 69.5 Å². The quantitative estimate of drug-likeness (QED) is 0.591.